The van der Waals surface area contributed by atoms with Crippen LogP contribution in [0.1, 0.15) is 5.56 Å². The molecule has 0 spiro atoms. The lowest BCUT2D eigenvalue weighted by Crippen LogP contribution is -1.95. The Labute approximate surface area is 102 Å². The van der Waals surface area contributed by atoms with Crippen LogP contribution < -0.4 is 4.74 Å². The fourth-order valence-electron chi connectivity index (χ4n) is 2.03. The molecular weight excluding hydrogens is 232 g/mol. The van der Waals surface area contributed by atoms with Gasteiger partial charge in [0.2, 0.25) is 4.74 Å². The van der Waals surface area contributed by atoms with E-state index in [1.165, 1.54) is 11.3 Å². The highest BCUT2D eigenvalue weighted by atomic mass is 32.1. The van der Waals surface area contributed by atoms with E-state index in [1.54, 1.807) is 12.1 Å². The molecule has 84 valence electrons. The molecule has 0 aliphatic heterocycles. The van der Waals surface area contributed by atoms with E-state index in [0.29, 0.717) is 0 Å². The van der Waals surface area contributed by atoms with Gasteiger partial charge >= 0.3 is 0 Å². The lowest BCUT2D eigenvalue weighted by molar-refractivity contribution is 0.476. The maximum atomic E-state index is 12.0. The normalized spacial score (nSPS) is 11.1. The first-order chi connectivity index (χ1) is 8.15. The Morgan fingerprint density at radius 2 is 1.76 bits per heavy atom. The molecular formula is C14H10O2S. The van der Waals surface area contributed by atoms with E-state index in [2.05, 4.69) is 0 Å². The van der Waals surface area contributed by atoms with Crippen molar-refractivity contribution in [3.8, 4) is 5.75 Å². The number of fused-ring (bicyclic) bond motifs is 3. The average Bonchev–Trinajstić information content (AvgIpc) is 2.29. The summed E-state index contributed by atoms with van der Waals surface area (Å²) < 4.78 is 0.869. The van der Waals surface area contributed by atoms with Gasteiger partial charge in [0.05, 0.1) is 0 Å². The standard InChI is InChI=1S/C14H10O2S/c1-8-2-4-10-11-5-3-9(15)7-13(11)17-14(16)12(10)6-8/h2-7,15H,1H3. The molecule has 0 amide bonds. The molecule has 0 saturated carbocycles. The Bertz CT molecular complexity index is 787. The Hall–Kier alpha value is -1.87. The van der Waals surface area contributed by atoms with Gasteiger partial charge in [-0.25, -0.2) is 0 Å². The van der Waals surface area contributed by atoms with Crippen molar-refractivity contribution in [1.82, 2.24) is 0 Å². The molecule has 0 fully saturated rings. The molecule has 3 heteroatoms. The first-order valence-electron chi connectivity index (χ1n) is 5.31. The van der Waals surface area contributed by atoms with Gasteiger partial charge < -0.3 is 5.11 Å². The van der Waals surface area contributed by atoms with Crippen molar-refractivity contribution in [1.29, 1.82) is 0 Å². The number of hydrogen-bond donors (Lipinski definition) is 1. The van der Waals surface area contributed by atoms with Crippen molar-refractivity contribution in [3.05, 3.63) is 51.5 Å². The van der Waals surface area contributed by atoms with Crippen molar-refractivity contribution in [2.75, 3.05) is 0 Å². The molecule has 0 aliphatic carbocycles. The van der Waals surface area contributed by atoms with Gasteiger partial charge in [0, 0.05) is 15.5 Å². The third kappa shape index (κ3) is 1.59. The molecule has 0 radical (unpaired) electrons. The summed E-state index contributed by atoms with van der Waals surface area (Å²) in [5.74, 6) is 0.194. The molecule has 2 nitrogen and oxygen atoms in total. The van der Waals surface area contributed by atoms with Crippen molar-refractivity contribution in [3.63, 3.8) is 0 Å². The topological polar surface area (TPSA) is 37.3 Å². The van der Waals surface area contributed by atoms with E-state index in [-0.39, 0.29) is 10.5 Å². The fourth-order valence-corrected chi connectivity index (χ4v) is 2.98. The van der Waals surface area contributed by atoms with Crippen LogP contribution in [0.15, 0.2) is 41.2 Å². The van der Waals surface area contributed by atoms with Crippen molar-refractivity contribution in [2.24, 2.45) is 0 Å². The van der Waals surface area contributed by atoms with Crippen LogP contribution in [0.25, 0.3) is 20.9 Å². The minimum absolute atomic E-state index is 0.0433. The maximum Gasteiger partial charge on any atom is 0.240 e. The van der Waals surface area contributed by atoms with Gasteiger partial charge in [-0.15, -0.1) is 0 Å². The van der Waals surface area contributed by atoms with Crippen LogP contribution in [0.3, 0.4) is 0 Å². The third-order valence-corrected chi connectivity index (χ3v) is 3.82. The highest BCUT2D eigenvalue weighted by molar-refractivity contribution is 7.17. The van der Waals surface area contributed by atoms with Crippen LogP contribution in [0.4, 0.5) is 0 Å². The number of phenols is 1. The van der Waals surface area contributed by atoms with Gasteiger partial charge in [-0.1, -0.05) is 29.0 Å². The predicted molar refractivity (Wildman–Crippen MR) is 72.0 cm³/mol. The number of benzene rings is 2. The molecule has 0 saturated heterocycles. The summed E-state index contributed by atoms with van der Waals surface area (Å²) in [5.41, 5.74) is 1.08. The Morgan fingerprint density at radius 3 is 2.59 bits per heavy atom. The summed E-state index contributed by atoms with van der Waals surface area (Å²) in [5, 5.41) is 12.2. The second kappa shape index (κ2) is 3.57. The summed E-state index contributed by atoms with van der Waals surface area (Å²) in [6.45, 7) is 1.98. The van der Waals surface area contributed by atoms with Gasteiger partial charge in [0.1, 0.15) is 5.75 Å². The quantitative estimate of drug-likeness (QED) is 0.613. The molecule has 1 heterocycles. The van der Waals surface area contributed by atoms with Gasteiger partial charge in [0.15, 0.2) is 0 Å². The number of aromatic hydroxyl groups is 1. The average molecular weight is 242 g/mol. The van der Waals surface area contributed by atoms with Crippen molar-refractivity contribution >= 4 is 32.2 Å². The van der Waals surface area contributed by atoms with E-state index in [9.17, 15) is 9.90 Å². The SMILES string of the molecule is Cc1ccc2c(c1)c(=O)sc1cc(O)ccc12. The molecule has 3 aromatic rings. The minimum Gasteiger partial charge on any atom is -0.508 e. The van der Waals surface area contributed by atoms with E-state index >= 15 is 0 Å². The van der Waals surface area contributed by atoms with E-state index < -0.39 is 0 Å². The minimum atomic E-state index is 0.0433. The molecule has 0 aliphatic rings. The Morgan fingerprint density at radius 1 is 1.00 bits per heavy atom. The summed E-state index contributed by atoms with van der Waals surface area (Å²) in [4.78, 5) is 12.0. The van der Waals surface area contributed by atoms with Crippen LogP contribution >= 0.6 is 11.3 Å². The van der Waals surface area contributed by atoms with Gasteiger partial charge in [-0.05, 0) is 36.6 Å². The highest BCUT2D eigenvalue weighted by Crippen LogP contribution is 2.28. The zero-order valence-electron chi connectivity index (χ0n) is 9.23. The zero-order chi connectivity index (χ0) is 12.0. The lowest BCUT2D eigenvalue weighted by Gasteiger charge is -2.03. The molecule has 3 rings (SSSR count). The molecule has 2 aromatic carbocycles. The second-order valence-electron chi connectivity index (χ2n) is 4.12. The maximum absolute atomic E-state index is 12.0. The van der Waals surface area contributed by atoms with Crippen LogP contribution in [0.5, 0.6) is 5.75 Å². The smallest absolute Gasteiger partial charge is 0.240 e. The largest absolute Gasteiger partial charge is 0.508 e. The van der Waals surface area contributed by atoms with Crippen LogP contribution in [0, 0.1) is 6.92 Å². The summed E-state index contributed by atoms with van der Waals surface area (Å²) in [7, 11) is 0. The summed E-state index contributed by atoms with van der Waals surface area (Å²) in [6, 6.07) is 11.0. The van der Waals surface area contributed by atoms with Crippen LogP contribution in [0.2, 0.25) is 0 Å². The molecule has 0 bridgehead atoms. The van der Waals surface area contributed by atoms with Gasteiger partial charge in [-0.2, -0.15) is 0 Å². The number of rotatable bonds is 0. The predicted octanol–water partition coefficient (Wildman–Crippen LogP) is 3.43. The van der Waals surface area contributed by atoms with E-state index in [1.807, 2.05) is 31.2 Å². The lowest BCUT2D eigenvalue weighted by atomic mass is 10.1. The van der Waals surface area contributed by atoms with Crippen LogP contribution in [-0.4, -0.2) is 5.11 Å². The Kier molecular flexibility index (Phi) is 2.16. The molecule has 0 unspecified atom stereocenters. The molecule has 17 heavy (non-hydrogen) atoms. The Balaban J connectivity index is 2.60. The highest BCUT2D eigenvalue weighted by Gasteiger charge is 2.06. The molecule has 1 aromatic heterocycles. The summed E-state index contributed by atoms with van der Waals surface area (Å²) in [6.07, 6.45) is 0. The second-order valence-corrected chi connectivity index (χ2v) is 5.13. The van der Waals surface area contributed by atoms with Crippen molar-refractivity contribution in [2.45, 2.75) is 6.92 Å². The third-order valence-electron chi connectivity index (χ3n) is 2.85. The van der Waals surface area contributed by atoms with Gasteiger partial charge in [-0.3, -0.25) is 4.79 Å². The van der Waals surface area contributed by atoms with E-state index in [0.717, 1.165) is 26.4 Å². The zero-order valence-corrected chi connectivity index (χ0v) is 10.0. The first kappa shape index (κ1) is 10.3. The van der Waals surface area contributed by atoms with Crippen molar-refractivity contribution < 1.29 is 5.11 Å². The van der Waals surface area contributed by atoms with Gasteiger partial charge in [0.25, 0.3) is 0 Å². The van der Waals surface area contributed by atoms with E-state index in [4.69, 9.17) is 0 Å². The summed E-state index contributed by atoms with van der Waals surface area (Å²) >= 11 is 1.18. The molecule has 1 N–H and O–H groups in total. The first-order valence-corrected chi connectivity index (χ1v) is 6.13. The monoisotopic (exact) mass is 242 g/mol. The number of hydrogen-bond acceptors (Lipinski definition) is 3. The fraction of sp³-hybridized carbons (Fsp3) is 0.0714. The van der Waals surface area contributed by atoms with Crippen LogP contribution in [-0.2, 0) is 0 Å². The number of phenolic OH excluding ortho intramolecular Hbond substituents is 1. The number of aryl methyl sites for hydroxylation is 1. The molecule has 0 atom stereocenters.